The summed E-state index contributed by atoms with van der Waals surface area (Å²) in [7, 11) is 5.57. The van der Waals surface area contributed by atoms with E-state index in [1.165, 1.54) is 23.1 Å². The topological polar surface area (TPSA) is 75.2 Å². The van der Waals surface area contributed by atoms with E-state index >= 15 is 0 Å². The summed E-state index contributed by atoms with van der Waals surface area (Å²) in [6, 6.07) is 22.6. The van der Waals surface area contributed by atoms with E-state index in [9.17, 15) is 9.18 Å². The van der Waals surface area contributed by atoms with Gasteiger partial charge in [0.1, 0.15) is 17.3 Å². The Kier molecular flexibility index (Phi) is 5.61. The van der Waals surface area contributed by atoms with Crippen molar-refractivity contribution in [3.8, 4) is 39.7 Å². The first-order valence-corrected chi connectivity index (χ1v) is 13.4. The van der Waals surface area contributed by atoms with Gasteiger partial charge in [-0.05, 0) is 78.7 Å². The van der Waals surface area contributed by atoms with Gasteiger partial charge in [-0.15, -0.1) is 0 Å². The number of hydrogen-bond acceptors (Lipinski definition) is 4. The normalized spacial score (nSPS) is 12.2. The minimum atomic E-state index is -0.333. The molecular weight excluding hydrogens is 517 g/mol. The fraction of sp³-hybridized carbons (Fsp3) is 0.152. The van der Waals surface area contributed by atoms with Crippen LogP contribution in [-0.4, -0.2) is 41.6 Å². The van der Waals surface area contributed by atoms with Crippen LogP contribution in [0.1, 0.15) is 15.9 Å². The van der Waals surface area contributed by atoms with Crippen molar-refractivity contribution in [2.24, 2.45) is 0 Å². The maximum absolute atomic E-state index is 13.7. The zero-order valence-electron chi connectivity index (χ0n) is 23.2. The molecule has 0 unspecified atom stereocenters. The highest BCUT2D eigenvalue weighted by Crippen LogP contribution is 2.42. The van der Waals surface area contributed by atoms with Gasteiger partial charge < -0.3 is 24.5 Å². The Morgan fingerprint density at radius 3 is 2.61 bits per heavy atom. The average Bonchev–Trinajstić information content (AvgIpc) is 3.55. The quantitative estimate of drug-likeness (QED) is 0.257. The first-order chi connectivity index (χ1) is 19.8. The highest BCUT2D eigenvalue weighted by Gasteiger charge is 2.25. The van der Waals surface area contributed by atoms with E-state index in [0.717, 1.165) is 56.1 Å². The number of pyridine rings is 1. The van der Waals surface area contributed by atoms with Crippen LogP contribution >= 0.6 is 0 Å². The number of aromatic nitrogens is 3. The number of aromatic amines is 1. The average molecular weight is 546 g/mol. The zero-order chi connectivity index (χ0) is 28.4. The van der Waals surface area contributed by atoms with Crippen LogP contribution in [0.5, 0.6) is 5.75 Å². The van der Waals surface area contributed by atoms with E-state index in [1.807, 2.05) is 43.3 Å². The second-order valence-electron chi connectivity index (χ2n) is 10.6. The Hall–Kier alpha value is -5.11. The molecular formula is C33H28FN5O2. The van der Waals surface area contributed by atoms with Gasteiger partial charge in [-0.1, -0.05) is 12.1 Å². The van der Waals surface area contributed by atoms with Gasteiger partial charge in [0.2, 0.25) is 0 Å². The van der Waals surface area contributed by atoms with Crippen LogP contribution in [0.25, 0.3) is 55.7 Å². The molecule has 0 atom stereocenters. The largest absolute Gasteiger partial charge is 0.470 e. The molecule has 6 aromatic rings. The van der Waals surface area contributed by atoms with Crippen molar-refractivity contribution in [1.82, 2.24) is 19.9 Å². The second kappa shape index (κ2) is 9.23. The number of halogens is 1. The number of nitrogens with one attached hydrogen (secondary N) is 2. The summed E-state index contributed by atoms with van der Waals surface area (Å²) in [5.74, 6) is 0.173. The Morgan fingerprint density at radius 1 is 1.05 bits per heavy atom. The third kappa shape index (κ3) is 3.86. The fourth-order valence-corrected chi connectivity index (χ4v) is 5.80. The second-order valence-corrected chi connectivity index (χ2v) is 10.6. The number of fused-ring (bicyclic) bond motifs is 6. The molecule has 7 nitrogen and oxygen atoms in total. The van der Waals surface area contributed by atoms with E-state index in [1.54, 1.807) is 19.2 Å². The highest BCUT2D eigenvalue weighted by molar-refractivity contribution is 6.14. The van der Waals surface area contributed by atoms with Crippen LogP contribution in [-0.2, 0) is 6.73 Å². The van der Waals surface area contributed by atoms with Crippen molar-refractivity contribution in [2.75, 3.05) is 26.0 Å². The molecule has 2 N–H and O–H groups in total. The molecule has 0 saturated carbocycles. The lowest BCUT2D eigenvalue weighted by atomic mass is 10.00. The molecule has 4 heterocycles. The smallest absolute Gasteiger partial charge is 0.253 e. The molecule has 0 aliphatic carbocycles. The van der Waals surface area contributed by atoms with Crippen molar-refractivity contribution in [1.29, 1.82) is 0 Å². The summed E-state index contributed by atoms with van der Waals surface area (Å²) in [6.45, 7) is 2.54. The maximum Gasteiger partial charge on any atom is 0.253 e. The van der Waals surface area contributed by atoms with Gasteiger partial charge in [0, 0.05) is 48.7 Å². The molecule has 0 spiro atoms. The van der Waals surface area contributed by atoms with Crippen LogP contribution in [0.4, 0.5) is 10.1 Å². The third-order valence-corrected chi connectivity index (χ3v) is 7.87. The molecule has 41 heavy (non-hydrogen) atoms. The summed E-state index contributed by atoms with van der Waals surface area (Å²) in [5.41, 5.74) is 9.34. The number of ether oxygens (including phenoxy) is 1. The predicted octanol–water partition coefficient (Wildman–Crippen LogP) is 6.74. The number of carbonyl (C=O) groups is 1. The molecule has 7 rings (SSSR count). The number of aryl methyl sites for hydroxylation is 1. The number of rotatable bonds is 4. The van der Waals surface area contributed by atoms with Crippen LogP contribution < -0.4 is 15.0 Å². The minimum Gasteiger partial charge on any atom is -0.470 e. The molecule has 1 amide bonds. The van der Waals surface area contributed by atoms with E-state index in [0.29, 0.717) is 18.0 Å². The SMILES string of the molecule is CNC(=O)c1c(-c2ccc(F)cc2)[nH]c2cc(N(C)C)c(-c3ccc4c(n3)-c3cc5c(C)cccc5n3CO4)cc12. The molecule has 0 saturated heterocycles. The van der Waals surface area contributed by atoms with Crippen molar-refractivity contribution >= 4 is 33.4 Å². The molecule has 1 aliphatic rings. The number of benzene rings is 3. The van der Waals surface area contributed by atoms with E-state index in [-0.39, 0.29) is 11.7 Å². The first-order valence-electron chi connectivity index (χ1n) is 13.4. The lowest BCUT2D eigenvalue weighted by molar-refractivity contribution is 0.0965. The first kappa shape index (κ1) is 24.9. The van der Waals surface area contributed by atoms with Gasteiger partial charge in [-0.3, -0.25) is 4.79 Å². The van der Waals surface area contributed by atoms with E-state index in [4.69, 9.17) is 9.72 Å². The minimum absolute atomic E-state index is 0.231. The van der Waals surface area contributed by atoms with Gasteiger partial charge in [-0.2, -0.15) is 0 Å². The molecule has 0 bridgehead atoms. The van der Waals surface area contributed by atoms with Crippen LogP contribution in [0, 0.1) is 12.7 Å². The summed E-state index contributed by atoms with van der Waals surface area (Å²) in [6.07, 6.45) is 0. The highest BCUT2D eigenvalue weighted by atomic mass is 19.1. The molecule has 8 heteroatoms. The van der Waals surface area contributed by atoms with Gasteiger partial charge in [0.25, 0.3) is 5.91 Å². The number of nitrogens with zero attached hydrogens (tertiary/aromatic N) is 3. The lowest BCUT2D eigenvalue weighted by Crippen LogP contribution is -2.18. The Labute approximate surface area is 236 Å². The Balaban J connectivity index is 1.45. The zero-order valence-corrected chi connectivity index (χ0v) is 23.2. The molecule has 3 aromatic carbocycles. The fourth-order valence-electron chi connectivity index (χ4n) is 5.80. The van der Waals surface area contributed by atoms with Gasteiger partial charge in [0.05, 0.1) is 28.2 Å². The molecule has 204 valence electrons. The maximum atomic E-state index is 13.7. The summed E-state index contributed by atoms with van der Waals surface area (Å²) in [5, 5.41) is 4.70. The molecule has 1 aliphatic heterocycles. The van der Waals surface area contributed by atoms with E-state index < -0.39 is 0 Å². The van der Waals surface area contributed by atoms with Crippen molar-refractivity contribution in [2.45, 2.75) is 13.7 Å². The van der Waals surface area contributed by atoms with Crippen molar-refractivity contribution in [3.63, 3.8) is 0 Å². The van der Waals surface area contributed by atoms with Crippen LogP contribution in [0.15, 0.2) is 72.8 Å². The van der Waals surface area contributed by atoms with E-state index in [2.05, 4.69) is 46.1 Å². The Bertz CT molecular complexity index is 2000. The van der Waals surface area contributed by atoms with Crippen molar-refractivity contribution in [3.05, 3.63) is 89.7 Å². The summed E-state index contributed by atoms with van der Waals surface area (Å²) < 4.78 is 22.0. The number of amides is 1. The third-order valence-electron chi connectivity index (χ3n) is 7.87. The number of carbonyl (C=O) groups excluding carboxylic acids is 1. The number of hydrogen-bond donors (Lipinski definition) is 2. The standard InChI is InChI=1S/C33H28FN5O2/c1-18-6-5-7-26-21(18)15-28-32-29(41-17-39(26)28)13-12-24(36-32)22-14-23-25(16-27(22)38(3)4)37-31(30(23)33(40)35-2)19-8-10-20(34)11-9-19/h5-16,37H,17H2,1-4H3,(H,35,40). The van der Waals surface area contributed by atoms with Gasteiger partial charge in [-0.25, -0.2) is 9.37 Å². The van der Waals surface area contributed by atoms with Gasteiger partial charge >= 0.3 is 0 Å². The van der Waals surface area contributed by atoms with Crippen LogP contribution in [0.3, 0.4) is 0 Å². The van der Waals surface area contributed by atoms with Gasteiger partial charge in [0.15, 0.2) is 6.73 Å². The van der Waals surface area contributed by atoms with Crippen molar-refractivity contribution < 1.29 is 13.9 Å². The number of H-pyrrole nitrogens is 1. The molecule has 0 radical (unpaired) electrons. The number of anilines is 1. The molecule has 0 fully saturated rings. The predicted molar refractivity (Wildman–Crippen MR) is 161 cm³/mol. The Morgan fingerprint density at radius 2 is 1.85 bits per heavy atom. The lowest BCUT2D eigenvalue weighted by Gasteiger charge is -2.22. The summed E-state index contributed by atoms with van der Waals surface area (Å²) in [4.78, 5) is 23.8. The monoisotopic (exact) mass is 545 g/mol. The van der Waals surface area contributed by atoms with Crippen LogP contribution in [0.2, 0.25) is 0 Å². The molecule has 3 aromatic heterocycles. The summed E-state index contributed by atoms with van der Waals surface area (Å²) >= 11 is 0.